The number of nitrogens with two attached hydrogens (primary N) is 1. The number of rotatable bonds is 4. The number of ether oxygens (including phenoxy) is 2. The van der Waals surface area contributed by atoms with Gasteiger partial charge in [-0.25, -0.2) is 12.8 Å². The first-order chi connectivity index (χ1) is 9.81. The molecule has 0 unspecified atom stereocenters. The van der Waals surface area contributed by atoms with Gasteiger partial charge in [-0.3, -0.25) is 0 Å². The molecule has 0 atom stereocenters. The van der Waals surface area contributed by atoms with Crippen molar-refractivity contribution in [1.29, 1.82) is 0 Å². The van der Waals surface area contributed by atoms with Crippen LogP contribution >= 0.6 is 0 Å². The fourth-order valence-electron chi connectivity index (χ4n) is 1.98. The zero-order chi connectivity index (χ0) is 15.8. The maximum Gasteiger partial charge on any atom is 0.230 e. The Morgan fingerprint density at radius 2 is 1.86 bits per heavy atom. The molecule has 0 saturated heterocycles. The summed E-state index contributed by atoms with van der Waals surface area (Å²) in [7, 11) is -1.34. The molecule has 1 heterocycles. The van der Waals surface area contributed by atoms with Gasteiger partial charge in [0.15, 0.2) is 21.3 Å². The van der Waals surface area contributed by atoms with Crippen LogP contribution in [0.1, 0.15) is 0 Å². The van der Waals surface area contributed by atoms with Gasteiger partial charge in [-0.05, 0) is 6.07 Å². The molecule has 1 aromatic heterocycles. The van der Waals surface area contributed by atoms with E-state index in [1.54, 1.807) is 0 Å². The van der Waals surface area contributed by atoms with Crippen molar-refractivity contribution < 1.29 is 26.8 Å². The van der Waals surface area contributed by atoms with Crippen LogP contribution in [0.5, 0.6) is 11.5 Å². The zero-order valence-electron chi connectivity index (χ0n) is 11.5. The van der Waals surface area contributed by atoms with Gasteiger partial charge in [0.25, 0.3) is 0 Å². The number of sulfone groups is 1. The smallest absolute Gasteiger partial charge is 0.230 e. The van der Waals surface area contributed by atoms with Crippen LogP contribution in [-0.2, 0) is 9.84 Å². The maximum atomic E-state index is 14.2. The van der Waals surface area contributed by atoms with Gasteiger partial charge in [0.2, 0.25) is 5.88 Å². The molecule has 2 rings (SSSR count). The highest BCUT2D eigenvalue weighted by Crippen LogP contribution is 2.45. The lowest BCUT2D eigenvalue weighted by Crippen LogP contribution is -2.07. The fraction of sp³-hybridized carbons (Fsp3) is 0.250. The highest BCUT2D eigenvalue weighted by Gasteiger charge is 2.28. The number of halogens is 1. The minimum Gasteiger partial charge on any atom is -0.492 e. The molecule has 0 spiro atoms. The third kappa shape index (κ3) is 2.51. The van der Waals surface area contributed by atoms with E-state index in [0.29, 0.717) is 0 Å². The molecule has 0 aliphatic rings. The number of hydrogen-bond acceptors (Lipinski definition) is 7. The molecule has 0 amide bonds. The second-order valence-corrected chi connectivity index (χ2v) is 6.13. The van der Waals surface area contributed by atoms with Crippen molar-refractivity contribution in [2.45, 2.75) is 4.90 Å². The van der Waals surface area contributed by atoms with E-state index in [4.69, 9.17) is 19.7 Å². The van der Waals surface area contributed by atoms with Gasteiger partial charge in [-0.1, -0.05) is 5.16 Å². The Hall–Kier alpha value is -2.29. The molecule has 2 aromatic rings. The molecule has 0 fully saturated rings. The topological polar surface area (TPSA) is 105 Å². The summed E-state index contributed by atoms with van der Waals surface area (Å²) >= 11 is 0. The maximum absolute atomic E-state index is 14.2. The first-order valence-electron chi connectivity index (χ1n) is 5.66. The third-order valence-electron chi connectivity index (χ3n) is 2.81. The van der Waals surface area contributed by atoms with Crippen LogP contribution in [-0.4, -0.2) is 34.0 Å². The van der Waals surface area contributed by atoms with E-state index in [-0.39, 0.29) is 28.5 Å². The van der Waals surface area contributed by atoms with E-state index in [0.717, 1.165) is 12.3 Å². The highest BCUT2D eigenvalue weighted by atomic mass is 32.2. The Morgan fingerprint density at radius 3 is 2.29 bits per heavy atom. The molecule has 114 valence electrons. The van der Waals surface area contributed by atoms with Crippen LogP contribution in [0.25, 0.3) is 11.1 Å². The molecular formula is C12H13FN2O5S. The van der Waals surface area contributed by atoms with Crippen molar-refractivity contribution in [3.63, 3.8) is 0 Å². The molecule has 0 aliphatic heterocycles. The monoisotopic (exact) mass is 316 g/mol. The predicted octanol–water partition coefficient (Wildman–Crippen LogP) is 1.48. The van der Waals surface area contributed by atoms with Gasteiger partial charge in [0, 0.05) is 11.8 Å². The second kappa shape index (κ2) is 5.24. The standard InChI is InChI=1S/C12H13FN2O5S/c1-18-9-6(7-5-15-20-12(7)14)4-8(13)11(10(9)19-2)21(3,16)17/h4-5H,14H2,1-3H3. The predicted molar refractivity (Wildman–Crippen MR) is 72.5 cm³/mol. The lowest BCUT2D eigenvalue weighted by atomic mass is 10.1. The van der Waals surface area contributed by atoms with Crippen molar-refractivity contribution in [2.75, 3.05) is 26.2 Å². The lowest BCUT2D eigenvalue weighted by molar-refractivity contribution is 0.343. The summed E-state index contributed by atoms with van der Waals surface area (Å²) in [6.07, 6.45) is 2.15. The molecule has 0 bridgehead atoms. The summed E-state index contributed by atoms with van der Waals surface area (Å²) < 4.78 is 52.6. The van der Waals surface area contributed by atoms with Crippen molar-refractivity contribution in [2.24, 2.45) is 0 Å². The summed E-state index contributed by atoms with van der Waals surface area (Å²) in [5.74, 6) is -1.25. The van der Waals surface area contributed by atoms with Gasteiger partial charge in [-0.15, -0.1) is 0 Å². The third-order valence-corrected chi connectivity index (χ3v) is 3.93. The van der Waals surface area contributed by atoms with Crippen LogP contribution in [0.3, 0.4) is 0 Å². The number of nitrogens with zero attached hydrogens (tertiary/aromatic N) is 1. The number of anilines is 1. The van der Waals surface area contributed by atoms with Crippen molar-refractivity contribution in [3.8, 4) is 22.6 Å². The van der Waals surface area contributed by atoms with E-state index in [1.165, 1.54) is 20.4 Å². The van der Waals surface area contributed by atoms with E-state index < -0.39 is 20.5 Å². The van der Waals surface area contributed by atoms with Crippen LogP contribution in [0.2, 0.25) is 0 Å². The second-order valence-electron chi connectivity index (χ2n) is 4.18. The molecular weight excluding hydrogens is 303 g/mol. The average Bonchev–Trinajstić information content (AvgIpc) is 2.81. The van der Waals surface area contributed by atoms with Gasteiger partial charge in [0.1, 0.15) is 10.7 Å². The number of methoxy groups -OCH3 is 2. The van der Waals surface area contributed by atoms with Crippen molar-refractivity contribution >= 4 is 15.7 Å². The van der Waals surface area contributed by atoms with Crippen LogP contribution < -0.4 is 15.2 Å². The summed E-state index contributed by atoms with van der Waals surface area (Å²) in [5.41, 5.74) is 6.04. The lowest BCUT2D eigenvalue weighted by Gasteiger charge is -2.16. The molecule has 2 N–H and O–H groups in total. The Balaban J connectivity index is 2.88. The quantitative estimate of drug-likeness (QED) is 0.911. The van der Waals surface area contributed by atoms with Gasteiger partial charge < -0.3 is 19.7 Å². The fourth-order valence-corrected chi connectivity index (χ4v) is 2.90. The Bertz CT molecular complexity index is 785. The van der Waals surface area contributed by atoms with Crippen molar-refractivity contribution in [3.05, 3.63) is 18.1 Å². The van der Waals surface area contributed by atoms with Crippen molar-refractivity contribution in [1.82, 2.24) is 5.16 Å². The average molecular weight is 316 g/mol. The Labute approximate surface area is 120 Å². The van der Waals surface area contributed by atoms with E-state index in [9.17, 15) is 12.8 Å². The SMILES string of the molecule is COc1c(-c2cnoc2N)cc(F)c(S(C)(=O)=O)c1OC. The molecule has 0 aliphatic carbocycles. The number of benzene rings is 1. The van der Waals surface area contributed by atoms with E-state index >= 15 is 0 Å². The number of hydrogen-bond donors (Lipinski definition) is 1. The molecule has 0 radical (unpaired) electrons. The van der Waals surface area contributed by atoms with Crippen LogP contribution in [0, 0.1) is 5.82 Å². The Morgan fingerprint density at radius 1 is 1.24 bits per heavy atom. The summed E-state index contributed by atoms with van der Waals surface area (Å²) in [5, 5.41) is 3.49. The minimum absolute atomic E-state index is 0.0224. The summed E-state index contributed by atoms with van der Waals surface area (Å²) in [4.78, 5) is -0.583. The van der Waals surface area contributed by atoms with E-state index in [2.05, 4.69) is 5.16 Å². The van der Waals surface area contributed by atoms with Gasteiger partial charge >= 0.3 is 0 Å². The zero-order valence-corrected chi connectivity index (χ0v) is 12.3. The molecule has 1 aromatic carbocycles. The Kier molecular flexibility index (Phi) is 3.77. The highest BCUT2D eigenvalue weighted by molar-refractivity contribution is 7.90. The van der Waals surface area contributed by atoms with Gasteiger partial charge in [-0.2, -0.15) is 0 Å². The molecule has 21 heavy (non-hydrogen) atoms. The van der Waals surface area contributed by atoms with Gasteiger partial charge in [0.05, 0.1) is 26.0 Å². The van der Waals surface area contributed by atoms with Crippen LogP contribution in [0.4, 0.5) is 10.3 Å². The largest absolute Gasteiger partial charge is 0.492 e. The molecule has 7 nitrogen and oxygen atoms in total. The number of nitrogen functional groups attached to an aromatic ring is 1. The first kappa shape index (κ1) is 15.1. The summed E-state index contributed by atoms with van der Waals surface area (Å²) in [6, 6.07) is 0.987. The first-order valence-corrected chi connectivity index (χ1v) is 7.55. The molecule has 9 heteroatoms. The molecule has 0 saturated carbocycles. The number of aromatic nitrogens is 1. The minimum atomic E-state index is -3.85. The van der Waals surface area contributed by atoms with Crippen LogP contribution in [0.15, 0.2) is 21.7 Å². The van der Waals surface area contributed by atoms with E-state index in [1.807, 2.05) is 0 Å². The normalized spacial score (nSPS) is 11.4. The summed E-state index contributed by atoms with van der Waals surface area (Å²) in [6.45, 7) is 0.